The van der Waals surface area contributed by atoms with Crippen LogP contribution in [-0.4, -0.2) is 49.2 Å². The second-order valence-electron chi connectivity index (χ2n) is 4.62. The van der Waals surface area contributed by atoms with Gasteiger partial charge in [0.05, 0.1) is 0 Å². The van der Waals surface area contributed by atoms with Gasteiger partial charge in [-0.15, -0.1) is 0 Å². The van der Waals surface area contributed by atoms with Crippen molar-refractivity contribution in [3.05, 3.63) is 0 Å². The first-order valence-corrected chi connectivity index (χ1v) is 5.99. The Balaban J connectivity index is 1.75. The van der Waals surface area contributed by atoms with Gasteiger partial charge in [-0.05, 0) is 38.3 Å². The van der Waals surface area contributed by atoms with Gasteiger partial charge in [0.15, 0.2) is 0 Å². The molecular formula is C11H21N3O. The minimum absolute atomic E-state index is 0.269. The Hall–Kier alpha value is -0.610. The zero-order valence-electron chi connectivity index (χ0n) is 9.54. The molecule has 0 aliphatic carbocycles. The Bertz CT molecular complexity index is 226. The van der Waals surface area contributed by atoms with Crippen LogP contribution in [0.1, 0.15) is 25.7 Å². The molecule has 0 aromatic rings. The number of nitrogens with zero attached hydrogens (tertiary/aromatic N) is 2. The molecule has 0 saturated carbocycles. The van der Waals surface area contributed by atoms with Gasteiger partial charge < -0.3 is 5.32 Å². The van der Waals surface area contributed by atoms with Gasteiger partial charge in [-0.1, -0.05) is 0 Å². The molecule has 2 fully saturated rings. The predicted octanol–water partition coefficient (Wildman–Crippen LogP) is 0.455. The van der Waals surface area contributed by atoms with Gasteiger partial charge in [0, 0.05) is 26.6 Å². The molecule has 1 N–H and O–H groups in total. The molecule has 1 amide bonds. The molecule has 0 radical (unpaired) electrons. The number of hydrogen-bond donors (Lipinski definition) is 1. The van der Waals surface area contributed by atoms with E-state index in [-0.39, 0.29) is 5.91 Å². The summed E-state index contributed by atoms with van der Waals surface area (Å²) in [5, 5.41) is 7.39. The lowest BCUT2D eigenvalue weighted by molar-refractivity contribution is -0.151. The first kappa shape index (κ1) is 10.9. The van der Waals surface area contributed by atoms with Crippen LogP contribution in [0.4, 0.5) is 0 Å². The Morgan fingerprint density at radius 3 is 3.13 bits per heavy atom. The van der Waals surface area contributed by atoms with Crippen molar-refractivity contribution >= 4 is 5.91 Å². The zero-order chi connectivity index (χ0) is 10.7. The molecule has 1 atom stereocenters. The van der Waals surface area contributed by atoms with Crippen LogP contribution in [0.25, 0.3) is 0 Å². The van der Waals surface area contributed by atoms with Crippen molar-refractivity contribution in [2.45, 2.75) is 25.7 Å². The smallest absolute Gasteiger partial charge is 0.236 e. The maximum atomic E-state index is 11.5. The normalized spacial score (nSPS) is 28.7. The number of amides is 1. The van der Waals surface area contributed by atoms with Crippen molar-refractivity contribution in [1.29, 1.82) is 0 Å². The highest BCUT2D eigenvalue weighted by Gasteiger charge is 2.23. The second kappa shape index (κ2) is 4.94. The van der Waals surface area contributed by atoms with Crippen LogP contribution in [0.2, 0.25) is 0 Å². The summed E-state index contributed by atoms with van der Waals surface area (Å²) in [5.74, 6) is 1.08. The van der Waals surface area contributed by atoms with Crippen LogP contribution in [0.15, 0.2) is 0 Å². The third kappa shape index (κ3) is 2.69. The highest BCUT2D eigenvalue weighted by atomic mass is 16.2. The number of hydrogen-bond acceptors (Lipinski definition) is 3. The van der Waals surface area contributed by atoms with E-state index >= 15 is 0 Å². The fourth-order valence-electron chi connectivity index (χ4n) is 2.44. The topological polar surface area (TPSA) is 35.6 Å². The summed E-state index contributed by atoms with van der Waals surface area (Å²) in [6.07, 6.45) is 4.25. The summed E-state index contributed by atoms with van der Waals surface area (Å²) in [7, 11) is 1.90. The van der Waals surface area contributed by atoms with Crippen molar-refractivity contribution < 1.29 is 4.79 Å². The van der Waals surface area contributed by atoms with Gasteiger partial charge in [-0.3, -0.25) is 9.80 Å². The van der Waals surface area contributed by atoms with E-state index in [0.717, 1.165) is 38.4 Å². The quantitative estimate of drug-likeness (QED) is 0.736. The van der Waals surface area contributed by atoms with Gasteiger partial charge in [0.1, 0.15) is 0 Å². The van der Waals surface area contributed by atoms with E-state index in [4.69, 9.17) is 0 Å². The van der Waals surface area contributed by atoms with E-state index < -0.39 is 0 Å². The van der Waals surface area contributed by atoms with Crippen molar-refractivity contribution in [2.24, 2.45) is 5.92 Å². The lowest BCUT2D eigenvalue weighted by Gasteiger charge is -2.36. The molecule has 0 bridgehead atoms. The molecule has 4 nitrogen and oxygen atoms in total. The Morgan fingerprint density at radius 2 is 2.40 bits per heavy atom. The molecule has 86 valence electrons. The molecule has 4 heteroatoms. The van der Waals surface area contributed by atoms with E-state index in [9.17, 15) is 4.79 Å². The van der Waals surface area contributed by atoms with Crippen molar-refractivity contribution in [2.75, 3.05) is 33.2 Å². The summed E-state index contributed by atoms with van der Waals surface area (Å²) in [6.45, 7) is 4.40. The van der Waals surface area contributed by atoms with Crippen LogP contribution < -0.4 is 5.32 Å². The Kier molecular flexibility index (Phi) is 3.59. The van der Waals surface area contributed by atoms with E-state index in [2.05, 4.69) is 10.3 Å². The van der Waals surface area contributed by atoms with E-state index in [1.54, 1.807) is 0 Å². The van der Waals surface area contributed by atoms with Crippen LogP contribution in [0.3, 0.4) is 0 Å². The van der Waals surface area contributed by atoms with Gasteiger partial charge in [0.2, 0.25) is 5.91 Å². The zero-order valence-corrected chi connectivity index (χ0v) is 9.54. The number of carbonyl (C=O) groups excluding carboxylic acids is 1. The van der Waals surface area contributed by atoms with E-state index in [1.807, 2.05) is 12.1 Å². The van der Waals surface area contributed by atoms with Gasteiger partial charge in [-0.2, -0.15) is 0 Å². The number of hydrazine groups is 1. The number of carbonyl (C=O) groups is 1. The molecule has 2 aliphatic rings. The molecule has 0 aromatic carbocycles. The molecule has 1 unspecified atom stereocenters. The number of rotatable bonds is 3. The van der Waals surface area contributed by atoms with Gasteiger partial charge >= 0.3 is 0 Å². The van der Waals surface area contributed by atoms with E-state index in [1.165, 1.54) is 19.4 Å². The fraction of sp³-hybridized carbons (Fsp3) is 0.909. The highest BCUT2D eigenvalue weighted by Crippen LogP contribution is 2.16. The summed E-state index contributed by atoms with van der Waals surface area (Å²) >= 11 is 0. The van der Waals surface area contributed by atoms with Crippen molar-refractivity contribution in [1.82, 2.24) is 15.3 Å². The number of nitrogens with one attached hydrogen (secondary N) is 1. The van der Waals surface area contributed by atoms with Gasteiger partial charge in [0.25, 0.3) is 0 Å². The van der Waals surface area contributed by atoms with Crippen molar-refractivity contribution in [3.8, 4) is 0 Å². The lowest BCUT2D eigenvalue weighted by Crippen LogP contribution is -2.48. The molecule has 15 heavy (non-hydrogen) atoms. The van der Waals surface area contributed by atoms with Gasteiger partial charge in [-0.25, -0.2) is 5.01 Å². The first-order valence-electron chi connectivity index (χ1n) is 5.99. The molecule has 0 spiro atoms. The van der Waals surface area contributed by atoms with Crippen LogP contribution in [0, 0.1) is 5.92 Å². The lowest BCUT2D eigenvalue weighted by atomic mass is 10.0. The third-order valence-corrected chi connectivity index (χ3v) is 3.55. The third-order valence-electron chi connectivity index (χ3n) is 3.55. The molecule has 2 rings (SSSR count). The average Bonchev–Trinajstić information content (AvgIpc) is 2.73. The largest absolute Gasteiger partial charge is 0.316 e. The summed E-state index contributed by atoms with van der Waals surface area (Å²) in [5.41, 5.74) is 0. The highest BCUT2D eigenvalue weighted by molar-refractivity contribution is 5.75. The van der Waals surface area contributed by atoms with Crippen LogP contribution in [-0.2, 0) is 4.79 Å². The average molecular weight is 211 g/mol. The minimum atomic E-state index is 0.269. The molecule has 0 aromatic heterocycles. The Labute approximate surface area is 91.6 Å². The SMILES string of the molecule is CN1C(=O)CCCN1CCC1CCNC1. The maximum Gasteiger partial charge on any atom is 0.236 e. The standard InChI is InChI=1S/C11H21N3O/c1-13-11(15)3-2-7-14(13)8-5-10-4-6-12-9-10/h10,12H,2-9H2,1H3. The first-order chi connectivity index (χ1) is 7.27. The molecule has 2 saturated heterocycles. The monoisotopic (exact) mass is 211 g/mol. The fourth-order valence-corrected chi connectivity index (χ4v) is 2.44. The molecule has 2 heterocycles. The van der Waals surface area contributed by atoms with E-state index in [0.29, 0.717) is 0 Å². The second-order valence-corrected chi connectivity index (χ2v) is 4.62. The summed E-state index contributed by atoms with van der Waals surface area (Å²) in [4.78, 5) is 11.5. The van der Waals surface area contributed by atoms with Crippen molar-refractivity contribution in [3.63, 3.8) is 0 Å². The minimum Gasteiger partial charge on any atom is -0.316 e. The Morgan fingerprint density at radius 1 is 1.53 bits per heavy atom. The molecular weight excluding hydrogens is 190 g/mol. The molecule has 2 aliphatic heterocycles. The summed E-state index contributed by atoms with van der Waals surface area (Å²) in [6, 6.07) is 0. The predicted molar refractivity (Wildman–Crippen MR) is 59.2 cm³/mol. The summed E-state index contributed by atoms with van der Waals surface area (Å²) < 4.78 is 0. The van der Waals surface area contributed by atoms with Crippen LogP contribution in [0.5, 0.6) is 0 Å². The van der Waals surface area contributed by atoms with Crippen LogP contribution >= 0.6 is 0 Å². The maximum absolute atomic E-state index is 11.5.